The van der Waals surface area contributed by atoms with Gasteiger partial charge in [-0.2, -0.15) is 0 Å². The maximum absolute atomic E-state index is 12.7. The van der Waals surface area contributed by atoms with Crippen LogP contribution in [-0.4, -0.2) is 46.1 Å². The molecule has 3 atom stereocenters. The molecule has 0 aliphatic heterocycles. The molecule has 0 spiro atoms. The Morgan fingerprint density at radius 3 is 2.04 bits per heavy atom. The van der Waals surface area contributed by atoms with E-state index in [2.05, 4.69) is 10.6 Å². The van der Waals surface area contributed by atoms with Crippen molar-refractivity contribution in [2.45, 2.75) is 58.7 Å². The van der Waals surface area contributed by atoms with E-state index in [9.17, 15) is 24.6 Å². The third kappa shape index (κ3) is 7.56. The third-order valence-electron chi connectivity index (χ3n) is 4.30. The Morgan fingerprint density at radius 2 is 1.57 bits per heavy atom. The number of carbonyl (C=O) groups excluding carboxylic acids is 2. The monoisotopic (exact) mass is 393 g/mol. The summed E-state index contributed by atoms with van der Waals surface area (Å²) >= 11 is 0. The van der Waals surface area contributed by atoms with Gasteiger partial charge in [0.15, 0.2) is 0 Å². The number of amides is 2. The van der Waals surface area contributed by atoms with Crippen molar-refractivity contribution in [3.05, 3.63) is 29.8 Å². The molecule has 1 aromatic carbocycles. The molecule has 156 valence electrons. The Kier molecular flexibility index (Phi) is 8.91. The molecule has 1 aromatic rings. The summed E-state index contributed by atoms with van der Waals surface area (Å²) in [5.41, 5.74) is 6.61. The lowest BCUT2D eigenvalue weighted by molar-refractivity contribution is -0.143. The fourth-order valence-corrected chi connectivity index (χ4v) is 2.74. The van der Waals surface area contributed by atoms with E-state index in [1.165, 1.54) is 12.1 Å². The number of aromatic hydroxyl groups is 1. The molecule has 2 amide bonds. The van der Waals surface area contributed by atoms with Crippen molar-refractivity contribution < 1.29 is 24.6 Å². The van der Waals surface area contributed by atoms with Crippen LogP contribution in [0.1, 0.15) is 39.7 Å². The molecule has 0 bridgehead atoms. The van der Waals surface area contributed by atoms with Crippen LogP contribution in [0, 0.1) is 11.8 Å². The van der Waals surface area contributed by atoms with Crippen LogP contribution in [0.2, 0.25) is 0 Å². The number of aliphatic carboxylic acids is 1. The van der Waals surface area contributed by atoms with Crippen LogP contribution in [-0.2, 0) is 20.8 Å². The zero-order valence-corrected chi connectivity index (χ0v) is 16.8. The topological polar surface area (TPSA) is 142 Å². The second kappa shape index (κ2) is 10.7. The van der Waals surface area contributed by atoms with Crippen LogP contribution in [0.4, 0.5) is 0 Å². The molecule has 0 fully saturated rings. The zero-order chi connectivity index (χ0) is 21.4. The molecule has 0 radical (unpaired) electrons. The highest BCUT2D eigenvalue weighted by Crippen LogP contribution is 2.12. The van der Waals surface area contributed by atoms with Gasteiger partial charge in [0.2, 0.25) is 11.8 Å². The van der Waals surface area contributed by atoms with Gasteiger partial charge in [0, 0.05) is 6.42 Å². The second-order valence-corrected chi connectivity index (χ2v) is 7.74. The van der Waals surface area contributed by atoms with E-state index in [-0.39, 0.29) is 24.0 Å². The minimum atomic E-state index is -1.14. The van der Waals surface area contributed by atoms with Gasteiger partial charge >= 0.3 is 5.97 Å². The molecule has 0 aliphatic carbocycles. The standard InChI is InChI=1S/C20H31N3O5/c1-11(2)9-15(21)18(25)22-16(10-13-5-7-14(24)8-6-13)19(26)23-17(12(3)4)20(27)28/h5-8,11-12,15-17,24H,9-10,21H2,1-4H3,(H,22,25)(H,23,26)(H,27,28). The summed E-state index contributed by atoms with van der Waals surface area (Å²) in [5.74, 6) is -2.24. The molecular formula is C20H31N3O5. The maximum Gasteiger partial charge on any atom is 0.326 e. The number of benzene rings is 1. The van der Waals surface area contributed by atoms with E-state index in [0.717, 1.165) is 0 Å². The molecule has 1 rings (SSSR count). The molecule has 0 aliphatic rings. The number of hydrogen-bond acceptors (Lipinski definition) is 5. The quantitative estimate of drug-likeness (QED) is 0.402. The largest absolute Gasteiger partial charge is 0.508 e. The predicted molar refractivity (Wildman–Crippen MR) is 106 cm³/mol. The second-order valence-electron chi connectivity index (χ2n) is 7.74. The van der Waals surface area contributed by atoms with Gasteiger partial charge in [-0.15, -0.1) is 0 Å². The molecular weight excluding hydrogens is 362 g/mol. The van der Waals surface area contributed by atoms with Gasteiger partial charge in [-0.05, 0) is 36.0 Å². The Morgan fingerprint density at radius 1 is 1.00 bits per heavy atom. The molecule has 0 aromatic heterocycles. The number of nitrogens with one attached hydrogen (secondary N) is 2. The van der Waals surface area contributed by atoms with Crippen molar-refractivity contribution in [2.75, 3.05) is 0 Å². The van der Waals surface area contributed by atoms with Crippen LogP contribution in [0.5, 0.6) is 5.75 Å². The van der Waals surface area contributed by atoms with Crippen molar-refractivity contribution in [3.63, 3.8) is 0 Å². The lowest BCUT2D eigenvalue weighted by atomic mass is 10.00. The minimum Gasteiger partial charge on any atom is -0.508 e. The van der Waals surface area contributed by atoms with Gasteiger partial charge < -0.3 is 26.6 Å². The van der Waals surface area contributed by atoms with E-state index >= 15 is 0 Å². The maximum atomic E-state index is 12.7. The Balaban J connectivity index is 2.98. The summed E-state index contributed by atoms with van der Waals surface area (Å²) in [6, 6.07) is 3.39. The molecule has 8 heteroatoms. The molecule has 0 saturated heterocycles. The van der Waals surface area contributed by atoms with E-state index in [1.807, 2.05) is 13.8 Å². The summed E-state index contributed by atoms with van der Waals surface area (Å²) in [5, 5.41) is 23.9. The fourth-order valence-electron chi connectivity index (χ4n) is 2.74. The number of carbonyl (C=O) groups is 3. The zero-order valence-electron chi connectivity index (χ0n) is 16.8. The highest BCUT2D eigenvalue weighted by molar-refractivity contribution is 5.92. The summed E-state index contributed by atoms with van der Waals surface area (Å²) in [6.45, 7) is 7.25. The minimum absolute atomic E-state index is 0.0819. The number of carboxylic acid groups (broad SMARTS) is 1. The smallest absolute Gasteiger partial charge is 0.326 e. The Bertz CT molecular complexity index is 673. The van der Waals surface area contributed by atoms with E-state index in [0.29, 0.717) is 12.0 Å². The van der Waals surface area contributed by atoms with Gasteiger partial charge in [-0.3, -0.25) is 9.59 Å². The average molecular weight is 393 g/mol. The third-order valence-corrected chi connectivity index (χ3v) is 4.30. The van der Waals surface area contributed by atoms with Crippen molar-refractivity contribution in [3.8, 4) is 5.75 Å². The number of phenols is 1. The summed E-state index contributed by atoms with van der Waals surface area (Å²) in [6.07, 6.45) is 0.597. The summed E-state index contributed by atoms with van der Waals surface area (Å²) < 4.78 is 0. The molecule has 0 saturated carbocycles. The Hall–Kier alpha value is -2.61. The first-order valence-corrected chi connectivity index (χ1v) is 9.38. The highest BCUT2D eigenvalue weighted by atomic mass is 16.4. The van der Waals surface area contributed by atoms with E-state index in [4.69, 9.17) is 5.73 Å². The molecule has 8 nitrogen and oxygen atoms in total. The van der Waals surface area contributed by atoms with Crippen LogP contribution in [0.15, 0.2) is 24.3 Å². The van der Waals surface area contributed by atoms with Crippen molar-refractivity contribution in [1.29, 1.82) is 0 Å². The number of phenolic OH excluding ortho intramolecular Hbond substituents is 1. The van der Waals surface area contributed by atoms with Crippen LogP contribution in [0.3, 0.4) is 0 Å². The Labute approximate surface area is 165 Å². The normalized spacial score (nSPS) is 14.4. The van der Waals surface area contributed by atoms with Gasteiger partial charge in [-0.25, -0.2) is 4.79 Å². The number of hydrogen-bond donors (Lipinski definition) is 5. The van der Waals surface area contributed by atoms with Gasteiger partial charge in [-0.1, -0.05) is 39.8 Å². The first kappa shape index (κ1) is 23.4. The fraction of sp³-hybridized carbons (Fsp3) is 0.550. The van der Waals surface area contributed by atoms with Crippen LogP contribution < -0.4 is 16.4 Å². The molecule has 0 heterocycles. The van der Waals surface area contributed by atoms with Gasteiger partial charge in [0.25, 0.3) is 0 Å². The predicted octanol–water partition coefficient (Wildman–Crippen LogP) is 1.02. The number of nitrogens with two attached hydrogens (primary N) is 1. The van der Waals surface area contributed by atoms with E-state index in [1.54, 1.807) is 26.0 Å². The average Bonchev–Trinajstić information content (AvgIpc) is 2.59. The molecule has 6 N–H and O–H groups in total. The van der Waals surface area contributed by atoms with E-state index < -0.39 is 35.9 Å². The molecule has 28 heavy (non-hydrogen) atoms. The van der Waals surface area contributed by atoms with Crippen LogP contribution in [0.25, 0.3) is 0 Å². The van der Waals surface area contributed by atoms with Crippen LogP contribution >= 0.6 is 0 Å². The lowest BCUT2D eigenvalue weighted by Crippen LogP contribution is -2.56. The summed E-state index contributed by atoms with van der Waals surface area (Å²) in [4.78, 5) is 36.6. The van der Waals surface area contributed by atoms with Gasteiger partial charge in [0.05, 0.1) is 6.04 Å². The number of rotatable bonds is 10. The first-order chi connectivity index (χ1) is 13.0. The number of carboxylic acids is 1. The van der Waals surface area contributed by atoms with Crippen molar-refractivity contribution in [2.24, 2.45) is 17.6 Å². The SMILES string of the molecule is CC(C)CC(N)C(=O)NC(Cc1ccc(O)cc1)C(=O)NC(C(=O)O)C(C)C. The van der Waals surface area contributed by atoms with Crippen molar-refractivity contribution >= 4 is 17.8 Å². The summed E-state index contributed by atoms with van der Waals surface area (Å²) in [7, 11) is 0. The molecule has 3 unspecified atom stereocenters. The van der Waals surface area contributed by atoms with Gasteiger partial charge in [0.1, 0.15) is 17.8 Å². The highest BCUT2D eigenvalue weighted by Gasteiger charge is 2.29. The lowest BCUT2D eigenvalue weighted by Gasteiger charge is -2.24. The first-order valence-electron chi connectivity index (χ1n) is 9.38. The van der Waals surface area contributed by atoms with Crippen molar-refractivity contribution in [1.82, 2.24) is 10.6 Å².